The number of nitrogens with zero attached hydrogens (tertiary/aromatic N) is 4. The summed E-state index contributed by atoms with van der Waals surface area (Å²) < 4.78 is 47.7. The van der Waals surface area contributed by atoms with Crippen molar-refractivity contribution in [1.82, 2.24) is 29.7 Å². The molecule has 54 heavy (non-hydrogen) atoms. The number of alkyl halides is 2. The zero-order chi connectivity index (χ0) is 37.9. The fraction of sp³-hybridized carbons (Fsp3) is 0.436. The summed E-state index contributed by atoms with van der Waals surface area (Å²) in [5.74, 6) is 1.65. The van der Waals surface area contributed by atoms with Crippen LogP contribution in [0.1, 0.15) is 62.9 Å². The number of halogens is 2. The minimum absolute atomic E-state index is 0.102. The monoisotopic (exact) mass is 744 g/mol. The number of imidazole rings is 2. The SMILES string of the molecule is COC[C@H]1C[C@@H](c2ncc(-c3ccc4c(c3)COc3cc5c(ccc6nc([C@@H]7C[C@H](COC(F)F)CN7C(=O)OC(C)(C)C)[nH]c65)cc3-4)[nH]2)N(C(=O)O)C1. The minimum atomic E-state index is -2.89. The number of likely N-dealkylation sites (tertiary alicyclic amines) is 2. The Morgan fingerprint density at radius 1 is 0.981 bits per heavy atom. The summed E-state index contributed by atoms with van der Waals surface area (Å²) in [6, 6.07) is 13.3. The second kappa shape index (κ2) is 13.9. The van der Waals surface area contributed by atoms with Crippen molar-refractivity contribution in [3.63, 3.8) is 0 Å². The molecule has 13 nitrogen and oxygen atoms in total. The number of carbonyl (C=O) groups is 2. The average Bonchev–Trinajstić information content (AvgIpc) is 3.94. The number of nitrogens with one attached hydrogen (secondary N) is 2. The third-order valence-corrected chi connectivity index (χ3v) is 10.4. The van der Waals surface area contributed by atoms with Crippen molar-refractivity contribution in [2.75, 3.05) is 33.4 Å². The molecule has 8 rings (SSSR count). The molecule has 284 valence electrons. The van der Waals surface area contributed by atoms with Crippen LogP contribution in [0.5, 0.6) is 5.75 Å². The Kier molecular flexibility index (Phi) is 9.17. The molecule has 0 unspecified atom stereocenters. The third kappa shape index (κ3) is 6.81. The van der Waals surface area contributed by atoms with E-state index in [1.807, 2.05) is 24.3 Å². The van der Waals surface area contributed by atoms with Gasteiger partial charge in [0.2, 0.25) is 0 Å². The van der Waals surface area contributed by atoms with Crippen molar-refractivity contribution < 1.29 is 42.4 Å². The van der Waals surface area contributed by atoms with Crippen molar-refractivity contribution in [3.8, 4) is 28.1 Å². The number of rotatable bonds is 8. The molecule has 3 aromatic carbocycles. The average molecular weight is 745 g/mol. The quantitative estimate of drug-likeness (QED) is 0.144. The van der Waals surface area contributed by atoms with E-state index in [1.54, 1.807) is 39.0 Å². The molecule has 2 saturated heterocycles. The standard InChI is InChI=1S/C39H42F2N6O7/c1-39(2,3)54-38(50)47-16-21(18-53-36(40)41)10-31(47)35-43-28-8-6-22-12-27-25-7-5-23(11-24(25)19-52-32(27)13-26(22)33(28)45-35)29-14-42-34(44-29)30-9-20(17-51-4)15-46(30)37(48)49/h5-8,11-14,20-21,30-31,36H,9-10,15-19H2,1-4H3,(H,42,44)(H,43,45)(H,48,49)/t20-,21-,30-,31-/m0/s1. The van der Waals surface area contributed by atoms with Crippen molar-refractivity contribution >= 4 is 34.0 Å². The maximum Gasteiger partial charge on any atom is 0.410 e. The lowest BCUT2D eigenvalue weighted by Gasteiger charge is -2.27. The zero-order valence-electron chi connectivity index (χ0n) is 30.4. The van der Waals surface area contributed by atoms with Crippen LogP contribution in [0.4, 0.5) is 18.4 Å². The van der Waals surface area contributed by atoms with Crippen LogP contribution in [-0.2, 0) is 20.8 Å². The molecule has 5 heterocycles. The molecule has 0 spiro atoms. The van der Waals surface area contributed by atoms with E-state index in [9.17, 15) is 23.5 Å². The fourth-order valence-corrected chi connectivity index (χ4v) is 8.07. The number of hydrogen-bond acceptors (Lipinski definition) is 8. The Morgan fingerprint density at radius 2 is 1.74 bits per heavy atom. The van der Waals surface area contributed by atoms with Crippen LogP contribution < -0.4 is 4.74 Å². The van der Waals surface area contributed by atoms with Gasteiger partial charge in [-0.05, 0) is 80.0 Å². The lowest BCUT2D eigenvalue weighted by molar-refractivity contribution is -0.137. The van der Waals surface area contributed by atoms with Gasteiger partial charge in [0.05, 0.1) is 48.2 Å². The second-order valence-electron chi connectivity index (χ2n) is 15.3. The molecule has 3 N–H and O–H groups in total. The summed E-state index contributed by atoms with van der Waals surface area (Å²) in [6.07, 6.45) is 1.24. The van der Waals surface area contributed by atoms with Crippen molar-refractivity contribution in [1.29, 1.82) is 0 Å². The highest BCUT2D eigenvalue weighted by Gasteiger charge is 2.41. The summed E-state index contributed by atoms with van der Waals surface area (Å²) >= 11 is 0. The fourth-order valence-electron chi connectivity index (χ4n) is 8.07. The normalized spacial score (nSPS) is 21.2. The van der Waals surface area contributed by atoms with Crippen molar-refractivity contribution in [2.24, 2.45) is 11.8 Å². The molecular formula is C39H42F2N6O7. The van der Waals surface area contributed by atoms with E-state index in [2.05, 4.69) is 37.9 Å². The molecule has 0 bridgehead atoms. The second-order valence-corrected chi connectivity index (χ2v) is 15.3. The lowest BCUT2D eigenvalue weighted by atomic mass is 9.92. The Hall–Kier alpha value is -5.28. The number of benzene rings is 3. The van der Waals surface area contributed by atoms with Gasteiger partial charge < -0.3 is 34.0 Å². The molecule has 0 saturated carbocycles. The highest BCUT2D eigenvalue weighted by molar-refractivity contribution is 6.07. The number of H-pyrrole nitrogens is 2. The summed E-state index contributed by atoms with van der Waals surface area (Å²) in [5, 5.41) is 11.7. The topological polar surface area (TPSA) is 155 Å². The largest absolute Gasteiger partial charge is 0.488 e. The van der Waals surface area contributed by atoms with E-state index < -0.39 is 30.4 Å². The number of ether oxygens (including phenoxy) is 4. The van der Waals surface area contributed by atoms with E-state index in [0.717, 1.165) is 50.0 Å². The highest BCUT2D eigenvalue weighted by Crippen LogP contribution is 2.44. The first-order valence-corrected chi connectivity index (χ1v) is 18.0. The highest BCUT2D eigenvalue weighted by atomic mass is 19.3. The lowest BCUT2D eigenvalue weighted by Crippen LogP contribution is -2.37. The van der Waals surface area contributed by atoms with E-state index in [-0.39, 0.29) is 31.0 Å². The van der Waals surface area contributed by atoms with Crippen LogP contribution in [0.25, 0.3) is 44.2 Å². The molecule has 5 aromatic rings. The zero-order valence-corrected chi connectivity index (χ0v) is 30.4. The van der Waals surface area contributed by atoms with Gasteiger partial charge in [-0.2, -0.15) is 8.78 Å². The van der Waals surface area contributed by atoms with Crippen LogP contribution >= 0.6 is 0 Å². The number of methoxy groups -OCH3 is 1. The summed E-state index contributed by atoms with van der Waals surface area (Å²) in [7, 11) is 1.62. The number of aromatic amines is 2. The third-order valence-electron chi connectivity index (χ3n) is 10.4. The van der Waals surface area contributed by atoms with E-state index in [4.69, 9.17) is 19.2 Å². The maximum absolute atomic E-state index is 13.3. The number of carboxylic acid groups (broad SMARTS) is 1. The first-order chi connectivity index (χ1) is 25.8. The molecule has 2 fully saturated rings. The molecule has 3 aliphatic heterocycles. The molecule has 4 atom stereocenters. The van der Waals surface area contributed by atoms with Gasteiger partial charge in [-0.15, -0.1) is 0 Å². The Bertz CT molecular complexity index is 2230. The molecule has 2 amide bonds. The minimum Gasteiger partial charge on any atom is -0.488 e. The number of fused-ring (bicyclic) bond motifs is 6. The van der Waals surface area contributed by atoms with Crippen LogP contribution in [0, 0.1) is 11.8 Å². The van der Waals surface area contributed by atoms with Crippen LogP contribution in [0.3, 0.4) is 0 Å². The van der Waals surface area contributed by atoms with Gasteiger partial charge in [-0.1, -0.05) is 18.2 Å². The van der Waals surface area contributed by atoms with Gasteiger partial charge in [-0.25, -0.2) is 19.6 Å². The smallest absolute Gasteiger partial charge is 0.410 e. The van der Waals surface area contributed by atoms with Gasteiger partial charge in [-0.3, -0.25) is 9.80 Å². The molecule has 0 aliphatic carbocycles. The number of hydrogen-bond donors (Lipinski definition) is 3. The first-order valence-electron chi connectivity index (χ1n) is 18.0. The summed E-state index contributed by atoms with van der Waals surface area (Å²) in [5.41, 5.74) is 5.43. The molecule has 15 heteroatoms. The van der Waals surface area contributed by atoms with Gasteiger partial charge in [0.25, 0.3) is 0 Å². The van der Waals surface area contributed by atoms with Gasteiger partial charge in [0, 0.05) is 43.0 Å². The van der Waals surface area contributed by atoms with Crippen LogP contribution in [0.15, 0.2) is 48.7 Å². The molecule has 3 aliphatic rings. The maximum atomic E-state index is 13.3. The van der Waals surface area contributed by atoms with E-state index in [0.29, 0.717) is 49.8 Å². The molecule has 0 radical (unpaired) electrons. The number of aromatic nitrogens is 4. The van der Waals surface area contributed by atoms with Gasteiger partial charge in [0.1, 0.15) is 29.6 Å². The Labute approximate surface area is 309 Å². The van der Waals surface area contributed by atoms with E-state index in [1.165, 1.54) is 4.90 Å². The Balaban J connectivity index is 1.07. The summed E-state index contributed by atoms with van der Waals surface area (Å²) in [4.78, 5) is 44.5. The van der Waals surface area contributed by atoms with Crippen molar-refractivity contribution in [2.45, 2.75) is 64.5 Å². The predicted molar refractivity (Wildman–Crippen MR) is 194 cm³/mol. The van der Waals surface area contributed by atoms with Gasteiger partial charge >= 0.3 is 18.8 Å². The van der Waals surface area contributed by atoms with Crippen LogP contribution in [0.2, 0.25) is 0 Å². The molecule has 2 aromatic heterocycles. The van der Waals surface area contributed by atoms with Crippen molar-refractivity contribution in [3.05, 3.63) is 65.9 Å². The molecular weight excluding hydrogens is 702 g/mol. The first kappa shape index (κ1) is 35.7. The predicted octanol–water partition coefficient (Wildman–Crippen LogP) is 7.89. The van der Waals surface area contributed by atoms with Gasteiger partial charge in [0.15, 0.2) is 0 Å². The number of carbonyl (C=O) groups excluding carboxylic acids is 1. The van der Waals surface area contributed by atoms with E-state index >= 15 is 0 Å². The summed E-state index contributed by atoms with van der Waals surface area (Å²) in [6.45, 7) is 3.69. The number of amides is 2. The van der Waals surface area contributed by atoms with Crippen LogP contribution in [-0.4, -0.2) is 92.7 Å². The Morgan fingerprint density at radius 3 is 2.48 bits per heavy atom.